The SMILES string of the molecule is O=C(c1ccccc1S(=O)(=O)N1CCCCC1)N1CCN(Cc2cccc3ccccc23)CC1. The fourth-order valence-electron chi connectivity index (χ4n) is 5.06. The molecule has 0 bridgehead atoms. The number of nitrogens with zero attached hydrogens (tertiary/aromatic N) is 3. The van der Waals surface area contributed by atoms with Crippen LogP contribution >= 0.6 is 0 Å². The molecule has 1 amide bonds. The van der Waals surface area contributed by atoms with E-state index in [1.165, 1.54) is 20.6 Å². The first-order chi connectivity index (χ1) is 16.5. The van der Waals surface area contributed by atoms with Crippen LogP contribution in [0.3, 0.4) is 0 Å². The van der Waals surface area contributed by atoms with Gasteiger partial charge in [-0.15, -0.1) is 0 Å². The lowest BCUT2D eigenvalue weighted by molar-refractivity contribution is 0.0625. The van der Waals surface area contributed by atoms with Gasteiger partial charge in [-0.3, -0.25) is 9.69 Å². The molecule has 0 saturated carbocycles. The van der Waals surface area contributed by atoms with Gasteiger partial charge in [-0.1, -0.05) is 61.0 Å². The molecule has 2 aliphatic rings. The normalized spacial score (nSPS) is 18.3. The highest BCUT2D eigenvalue weighted by Gasteiger charge is 2.32. The second-order valence-corrected chi connectivity index (χ2v) is 11.1. The monoisotopic (exact) mass is 477 g/mol. The van der Waals surface area contributed by atoms with E-state index in [2.05, 4.69) is 47.4 Å². The molecular formula is C27H31N3O3S. The highest BCUT2D eigenvalue weighted by molar-refractivity contribution is 7.89. The van der Waals surface area contributed by atoms with E-state index in [-0.39, 0.29) is 16.4 Å². The summed E-state index contributed by atoms with van der Waals surface area (Å²) < 4.78 is 28.1. The first-order valence-corrected chi connectivity index (χ1v) is 13.6. The predicted octanol–water partition coefficient (Wildman–Crippen LogP) is 3.97. The van der Waals surface area contributed by atoms with E-state index in [1.807, 2.05) is 0 Å². The Morgan fingerprint density at radius 2 is 1.41 bits per heavy atom. The summed E-state index contributed by atoms with van der Waals surface area (Å²) in [5, 5.41) is 2.50. The standard InChI is InChI=1S/C27H31N3O3S/c31-27(25-13-4-5-14-26(25)34(32,33)30-15-6-1-7-16-30)29-19-17-28(18-20-29)21-23-11-8-10-22-9-2-3-12-24(22)23/h2-5,8-14H,1,6-7,15-21H2. The van der Waals surface area contributed by atoms with Crippen molar-refractivity contribution in [2.45, 2.75) is 30.7 Å². The van der Waals surface area contributed by atoms with Gasteiger partial charge in [0.15, 0.2) is 0 Å². The summed E-state index contributed by atoms with van der Waals surface area (Å²) >= 11 is 0. The van der Waals surface area contributed by atoms with Crippen LogP contribution in [0.4, 0.5) is 0 Å². The number of fused-ring (bicyclic) bond motifs is 1. The van der Waals surface area contributed by atoms with E-state index in [9.17, 15) is 13.2 Å². The molecule has 0 spiro atoms. The van der Waals surface area contributed by atoms with Crippen LogP contribution in [0.5, 0.6) is 0 Å². The molecule has 2 aliphatic heterocycles. The number of rotatable bonds is 5. The van der Waals surface area contributed by atoms with E-state index < -0.39 is 10.0 Å². The Labute approximate surface area is 201 Å². The number of amides is 1. The zero-order valence-corrected chi connectivity index (χ0v) is 20.2. The molecule has 0 aliphatic carbocycles. The highest BCUT2D eigenvalue weighted by Crippen LogP contribution is 2.25. The summed E-state index contributed by atoms with van der Waals surface area (Å²) in [6, 6.07) is 21.5. The van der Waals surface area contributed by atoms with Crippen molar-refractivity contribution in [2.75, 3.05) is 39.3 Å². The Morgan fingerprint density at radius 3 is 2.21 bits per heavy atom. The molecule has 3 aromatic rings. The molecular weight excluding hydrogens is 446 g/mol. The summed E-state index contributed by atoms with van der Waals surface area (Å²) in [6.07, 6.45) is 2.79. The van der Waals surface area contributed by atoms with Crippen molar-refractivity contribution in [3.63, 3.8) is 0 Å². The maximum Gasteiger partial charge on any atom is 0.255 e. The van der Waals surface area contributed by atoms with Crippen LogP contribution < -0.4 is 0 Å². The average Bonchev–Trinajstić information content (AvgIpc) is 2.89. The van der Waals surface area contributed by atoms with Crippen LogP contribution in [0, 0.1) is 0 Å². The van der Waals surface area contributed by atoms with Gasteiger partial charge in [0.2, 0.25) is 10.0 Å². The molecule has 2 heterocycles. The minimum atomic E-state index is -3.67. The Bertz CT molecular complexity index is 1270. The Balaban J connectivity index is 1.28. The third-order valence-corrected chi connectivity index (χ3v) is 8.94. The van der Waals surface area contributed by atoms with Gasteiger partial charge in [-0.2, -0.15) is 4.31 Å². The van der Waals surface area contributed by atoms with E-state index in [0.29, 0.717) is 26.2 Å². The molecule has 0 N–H and O–H groups in total. The van der Waals surface area contributed by atoms with Crippen molar-refractivity contribution in [3.05, 3.63) is 77.9 Å². The molecule has 5 rings (SSSR count). The fraction of sp³-hybridized carbons (Fsp3) is 0.370. The van der Waals surface area contributed by atoms with Gasteiger partial charge < -0.3 is 4.90 Å². The Morgan fingerprint density at radius 1 is 0.735 bits per heavy atom. The molecule has 3 aromatic carbocycles. The quantitative estimate of drug-likeness (QED) is 0.558. The van der Waals surface area contributed by atoms with Crippen LogP contribution in [0.15, 0.2) is 71.6 Å². The van der Waals surface area contributed by atoms with Gasteiger partial charge in [-0.05, 0) is 41.3 Å². The smallest absolute Gasteiger partial charge is 0.255 e. The van der Waals surface area contributed by atoms with Crippen LogP contribution in [-0.2, 0) is 16.6 Å². The molecule has 6 nitrogen and oxygen atoms in total. The summed E-state index contributed by atoms with van der Waals surface area (Å²) in [7, 11) is -3.67. The van der Waals surface area contributed by atoms with E-state index in [0.717, 1.165) is 38.9 Å². The molecule has 178 valence electrons. The number of hydrogen-bond acceptors (Lipinski definition) is 4. The van der Waals surface area contributed by atoms with Crippen LogP contribution in [-0.4, -0.2) is 67.7 Å². The van der Waals surface area contributed by atoms with Crippen molar-refractivity contribution in [2.24, 2.45) is 0 Å². The Hall–Kier alpha value is -2.74. The van der Waals surface area contributed by atoms with Crippen LogP contribution in [0.2, 0.25) is 0 Å². The third-order valence-electron chi connectivity index (χ3n) is 6.98. The van der Waals surface area contributed by atoms with Crippen LogP contribution in [0.1, 0.15) is 35.2 Å². The molecule has 2 saturated heterocycles. The number of hydrogen-bond donors (Lipinski definition) is 0. The van der Waals surface area contributed by atoms with Gasteiger partial charge in [0.05, 0.1) is 10.5 Å². The van der Waals surface area contributed by atoms with E-state index in [1.54, 1.807) is 29.2 Å². The maximum absolute atomic E-state index is 13.4. The van der Waals surface area contributed by atoms with E-state index in [4.69, 9.17) is 0 Å². The zero-order chi connectivity index (χ0) is 23.5. The first-order valence-electron chi connectivity index (χ1n) is 12.1. The van der Waals surface area contributed by atoms with Gasteiger partial charge in [0, 0.05) is 45.8 Å². The number of carbonyl (C=O) groups is 1. The van der Waals surface area contributed by atoms with Crippen molar-refractivity contribution in [1.82, 2.24) is 14.1 Å². The number of piperazine rings is 1. The van der Waals surface area contributed by atoms with Crippen molar-refractivity contribution in [1.29, 1.82) is 0 Å². The molecule has 2 fully saturated rings. The predicted molar refractivity (Wildman–Crippen MR) is 134 cm³/mol. The van der Waals surface area contributed by atoms with Gasteiger partial charge in [-0.25, -0.2) is 8.42 Å². The van der Waals surface area contributed by atoms with Crippen molar-refractivity contribution < 1.29 is 13.2 Å². The minimum Gasteiger partial charge on any atom is -0.336 e. The highest BCUT2D eigenvalue weighted by atomic mass is 32.2. The molecule has 0 radical (unpaired) electrons. The van der Waals surface area contributed by atoms with Crippen molar-refractivity contribution >= 4 is 26.7 Å². The van der Waals surface area contributed by atoms with Gasteiger partial charge >= 0.3 is 0 Å². The van der Waals surface area contributed by atoms with Gasteiger partial charge in [0.25, 0.3) is 5.91 Å². The summed E-state index contributed by atoms with van der Waals surface area (Å²) in [4.78, 5) is 17.7. The number of piperidine rings is 1. The lowest BCUT2D eigenvalue weighted by atomic mass is 10.0. The summed E-state index contributed by atoms with van der Waals surface area (Å²) in [5.41, 5.74) is 1.58. The molecule has 0 unspecified atom stereocenters. The maximum atomic E-state index is 13.4. The number of benzene rings is 3. The fourth-order valence-corrected chi connectivity index (χ4v) is 6.76. The Kier molecular flexibility index (Phi) is 6.68. The second kappa shape index (κ2) is 9.86. The molecule has 0 aromatic heterocycles. The lowest BCUT2D eigenvalue weighted by Gasteiger charge is -2.35. The zero-order valence-electron chi connectivity index (χ0n) is 19.4. The number of sulfonamides is 1. The molecule has 34 heavy (non-hydrogen) atoms. The second-order valence-electron chi connectivity index (χ2n) is 9.17. The topological polar surface area (TPSA) is 60.9 Å². The van der Waals surface area contributed by atoms with Crippen LogP contribution in [0.25, 0.3) is 10.8 Å². The van der Waals surface area contributed by atoms with Crippen molar-refractivity contribution in [3.8, 4) is 0 Å². The lowest BCUT2D eigenvalue weighted by Crippen LogP contribution is -2.48. The first kappa shape index (κ1) is 23.0. The molecule has 7 heteroatoms. The largest absolute Gasteiger partial charge is 0.336 e. The molecule has 0 atom stereocenters. The summed E-state index contributed by atoms with van der Waals surface area (Å²) in [6.45, 7) is 4.58. The average molecular weight is 478 g/mol. The number of carbonyl (C=O) groups excluding carboxylic acids is 1. The van der Waals surface area contributed by atoms with Gasteiger partial charge in [0.1, 0.15) is 0 Å². The van der Waals surface area contributed by atoms with E-state index >= 15 is 0 Å². The third kappa shape index (κ3) is 4.60. The minimum absolute atomic E-state index is 0.139. The summed E-state index contributed by atoms with van der Waals surface area (Å²) in [5.74, 6) is -0.194.